The van der Waals surface area contributed by atoms with Crippen molar-refractivity contribution in [3.05, 3.63) is 70.8 Å². The first kappa shape index (κ1) is 31.4. The number of hydrogen-bond acceptors (Lipinski definition) is 4. The molecule has 3 aliphatic heterocycles. The average Bonchev–Trinajstić information content (AvgIpc) is 3.46. The van der Waals surface area contributed by atoms with Crippen LogP contribution in [0.4, 0.5) is 26.3 Å². The van der Waals surface area contributed by atoms with Crippen LogP contribution in [0, 0.1) is 5.41 Å². The molecular formula is C33H38F6N2O3. The number of ether oxygens (including phenoxy) is 1. The SMILES string of the molecule is O=C1N(C2(c3ccccc3)CCC(N3CCC4(CCOC4)CC3)CC2)CCCC1(O)c1cc(C(F)(F)F)cc(C(F)(F)F)c1. The van der Waals surface area contributed by atoms with Gasteiger partial charge in [0.1, 0.15) is 0 Å². The average molecular weight is 625 g/mol. The molecule has 6 rings (SSSR count). The van der Waals surface area contributed by atoms with Crippen molar-refractivity contribution in [1.82, 2.24) is 9.80 Å². The Morgan fingerprint density at radius 2 is 1.39 bits per heavy atom. The fourth-order valence-corrected chi connectivity index (χ4v) is 8.11. The monoisotopic (exact) mass is 624 g/mol. The van der Waals surface area contributed by atoms with E-state index in [1.54, 1.807) is 4.90 Å². The lowest BCUT2D eigenvalue weighted by Gasteiger charge is -2.54. The summed E-state index contributed by atoms with van der Waals surface area (Å²) in [6, 6.07) is 10.7. The largest absolute Gasteiger partial charge is 0.416 e. The molecule has 1 aliphatic carbocycles. The molecule has 11 heteroatoms. The number of rotatable bonds is 4. The number of carbonyl (C=O) groups is 1. The highest BCUT2D eigenvalue weighted by atomic mass is 19.4. The van der Waals surface area contributed by atoms with E-state index in [0.717, 1.165) is 64.0 Å². The second-order valence-electron chi connectivity index (χ2n) is 13.2. The maximum atomic E-state index is 14.3. The summed E-state index contributed by atoms with van der Waals surface area (Å²) in [6.07, 6.45) is -4.25. The Hall–Kier alpha value is -2.63. The smallest absolute Gasteiger partial charge is 0.381 e. The molecule has 0 aromatic heterocycles. The van der Waals surface area contributed by atoms with Crippen LogP contribution in [0.15, 0.2) is 48.5 Å². The highest BCUT2D eigenvalue weighted by Gasteiger charge is 2.54. The minimum Gasteiger partial charge on any atom is -0.381 e. The zero-order valence-electron chi connectivity index (χ0n) is 24.5. The van der Waals surface area contributed by atoms with Gasteiger partial charge >= 0.3 is 12.4 Å². The standard InChI is InChI=1S/C33H38F6N2O3/c34-32(35,36)25-19-24(20-26(21-25)33(37,38)39)31(43)9-4-15-41(28(31)42)30(23-5-2-1-3-6-23)10-7-27(8-11-30)40-16-12-29(13-17-40)14-18-44-22-29/h1-3,5-6,19-21,27,43H,4,7-18,22H2. The van der Waals surface area contributed by atoms with Gasteiger partial charge in [-0.25, -0.2) is 0 Å². The molecule has 240 valence electrons. The molecule has 2 aromatic rings. The van der Waals surface area contributed by atoms with Crippen LogP contribution in [0.2, 0.25) is 0 Å². The molecule has 3 saturated heterocycles. The number of likely N-dealkylation sites (tertiary alicyclic amines) is 2. The Bertz CT molecular complexity index is 1310. The summed E-state index contributed by atoms with van der Waals surface area (Å²) in [7, 11) is 0. The predicted octanol–water partition coefficient (Wildman–Crippen LogP) is 6.87. The first-order chi connectivity index (χ1) is 20.8. The van der Waals surface area contributed by atoms with Gasteiger partial charge in [-0.3, -0.25) is 4.79 Å². The van der Waals surface area contributed by atoms with E-state index in [1.807, 2.05) is 30.3 Å². The molecule has 1 unspecified atom stereocenters. The lowest BCUT2D eigenvalue weighted by molar-refractivity contribution is -0.170. The minimum absolute atomic E-state index is 0.0207. The number of nitrogens with zero attached hydrogens (tertiary/aromatic N) is 2. The number of alkyl halides is 6. The highest BCUT2D eigenvalue weighted by Crippen LogP contribution is 2.49. The molecule has 4 fully saturated rings. The molecule has 5 nitrogen and oxygen atoms in total. The number of hydrogen-bond donors (Lipinski definition) is 1. The summed E-state index contributed by atoms with van der Waals surface area (Å²) in [6.45, 7) is 3.84. The molecule has 1 atom stereocenters. The van der Waals surface area contributed by atoms with Gasteiger partial charge in [-0.15, -0.1) is 0 Å². The Kier molecular flexibility index (Phi) is 8.06. The van der Waals surface area contributed by atoms with Crippen LogP contribution in [-0.2, 0) is 33.0 Å². The number of piperidine rings is 2. The molecule has 1 spiro atoms. The fourth-order valence-electron chi connectivity index (χ4n) is 8.11. The van der Waals surface area contributed by atoms with Gasteiger partial charge in [0.15, 0.2) is 5.60 Å². The van der Waals surface area contributed by atoms with Crippen molar-refractivity contribution < 1.29 is 41.0 Å². The Balaban J connectivity index is 1.30. The number of benzene rings is 2. The zero-order valence-corrected chi connectivity index (χ0v) is 24.5. The molecular weight excluding hydrogens is 586 g/mol. The van der Waals surface area contributed by atoms with Crippen LogP contribution in [0.5, 0.6) is 0 Å². The van der Waals surface area contributed by atoms with Crippen molar-refractivity contribution in [2.24, 2.45) is 5.41 Å². The molecule has 3 heterocycles. The van der Waals surface area contributed by atoms with Gasteiger partial charge in [0, 0.05) is 19.2 Å². The van der Waals surface area contributed by atoms with Crippen molar-refractivity contribution in [1.29, 1.82) is 0 Å². The summed E-state index contributed by atoms with van der Waals surface area (Å²) in [5.74, 6) is -0.848. The van der Waals surface area contributed by atoms with E-state index in [1.165, 1.54) is 0 Å². The van der Waals surface area contributed by atoms with Crippen molar-refractivity contribution in [2.45, 2.75) is 87.3 Å². The Labute approximate surface area is 253 Å². The van der Waals surface area contributed by atoms with Crippen LogP contribution in [-0.4, -0.2) is 59.7 Å². The van der Waals surface area contributed by atoms with Crippen LogP contribution >= 0.6 is 0 Å². The second kappa shape index (κ2) is 11.3. The van der Waals surface area contributed by atoms with Crippen molar-refractivity contribution in [3.8, 4) is 0 Å². The van der Waals surface area contributed by atoms with Gasteiger partial charge in [-0.05, 0) is 106 Å². The molecule has 44 heavy (non-hydrogen) atoms. The fraction of sp³-hybridized carbons (Fsp3) is 0.606. The van der Waals surface area contributed by atoms with E-state index in [4.69, 9.17) is 4.74 Å². The maximum Gasteiger partial charge on any atom is 0.416 e. The van der Waals surface area contributed by atoms with Gasteiger partial charge in [0.05, 0.1) is 23.3 Å². The summed E-state index contributed by atoms with van der Waals surface area (Å²) < 4.78 is 87.9. The number of carbonyl (C=O) groups excluding carboxylic acids is 1. The van der Waals surface area contributed by atoms with Crippen molar-refractivity contribution in [3.63, 3.8) is 0 Å². The van der Waals surface area contributed by atoms with E-state index in [-0.39, 0.29) is 30.9 Å². The first-order valence-corrected chi connectivity index (χ1v) is 15.5. The Morgan fingerprint density at radius 3 is 1.93 bits per heavy atom. The summed E-state index contributed by atoms with van der Waals surface area (Å²) in [5, 5.41) is 11.8. The van der Waals surface area contributed by atoms with Crippen LogP contribution < -0.4 is 0 Å². The van der Waals surface area contributed by atoms with Gasteiger partial charge in [0.25, 0.3) is 5.91 Å². The maximum absolute atomic E-state index is 14.3. The normalized spacial score (nSPS) is 30.2. The van der Waals surface area contributed by atoms with Crippen LogP contribution in [0.1, 0.15) is 80.0 Å². The summed E-state index contributed by atoms with van der Waals surface area (Å²) >= 11 is 0. The van der Waals surface area contributed by atoms with Gasteiger partial charge in [0.2, 0.25) is 0 Å². The molecule has 1 N–H and O–H groups in total. The number of halogens is 6. The third-order valence-electron chi connectivity index (χ3n) is 10.8. The van der Waals surface area contributed by atoms with Gasteiger partial charge < -0.3 is 19.6 Å². The van der Waals surface area contributed by atoms with E-state index in [0.29, 0.717) is 31.0 Å². The molecule has 4 aliphatic rings. The van der Waals surface area contributed by atoms with Crippen molar-refractivity contribution in [2.75, 3.05) is 32.8 Å². The quantitative estimate of drug-likeness (QED) is 0.377. The second-order valence-corrected chi connectivity index (χ2v) is 13.2. The van der Waals surface area contributed by atoms with Crippen molar-refractivity contribution >= 4 is 5.91 Å². The van der Waals surface area contributed by atoms with E-state index < -0.39 is 46.1 Å². The number of amides is 1. The predicted molar refractivity (Wildman–Crippen MR) is 150 cm³/mol. The van der Waals surface area contributed by atoms with Crippen LogP contribution in [0.25, 0.3) is 0 Å². The lowest BCUT2D eigenvalue weighted by Crippen LogP contribution is -2.61. The molecule has 2 aromatic carbocycles. The van der Waals surface area contributed by atoms with E-state index >= 15 is 0 Å². The van der Waals surface area contributed by atoms with E-state index in [9.17, 15) is 36.2 Å². The van der Waals surface area contributed by atoms with Gasteiger partial charge in [-0.2, -0.15) is 26.3 Å². The van der Waals surface area contributed by atoms with Gasteiger partial charge in [-0.1, -0.05) is 30.3 Å². The summed E-state index contributed by atoms with van der Waals surface area (Å²) in [4.78, 5) is 18.3. The third kappa shape index (κ3) is 5.64. The highest BCUT2D eigenvalue weighted by molar-refractivity contribution is 5.88. The number of aliphatic hydroxyl groups is 1. The minimum atomic E-state index is -5.09. The first-order valence-electron chi connectivity index (χ1n) is 15.5. The molecule has 0 bridgehead atoms. The summed E-state index contributed by atoms with van der Waals surface area (Å²) in [5.41, 5.74) is -6.01. The lowest BCUT2D eigenvalue weighted by atomic mass is 9.70. The third-order valence-corrected chi connectivity index (χ3v) is 10.8. The molecule has 1 amide bonds. The Morgan fingerprint density at radius 1 is 0.773 bits per heavy atom. The zero-order chi connectivity index (χ0) is 31.4. The van der Waals surface area contributed by atoms with Crippen LogP contribution in [0.3, 0.4) is 0 Å². The molecule has 1 saturated carbocycles. The van der Waals surface area contributed by atoms with E-state index in [2.05, 4.69) is 4.90 Å². The molecule has 0 radical (unpaired) electrons. The topological polar surface area (TPSA) is 53.0 Å².